The van der Waals surface area contributed by atoms with Gasteiger partial charge < -0.3 is 20.1 Å². The summed E-state index contributed by atoms with van der Waals surface area (Å²) < 4.78 is 6.16. The van der Waals surface area contributed by atoms with Crippen LogP contribution in [0.2, 0.25) is 0 Å². The second-order valence-corrected chi connectivity index (χ2v) is 4.73. The Morgan fingerprint density at radius 1 is 1.57 bits per heavy atom. The number of nitrogens with zero attached hydrogens (tertiary/aromatic N) is 2. The lowest BCUT2D eigenvalue weighted by atomic mass is 9.93. The summed E-state index contributed by atoms with van der Waals surface area (Å²) in [5.74, 6) is 4.83. The van der Waals surface area contributed by atoms with E-state index in [4.69, 9.17) is 4.74 Å². The van der Waals surface area contributed by atoms with Gasteiger partial charge in [-0.1, -0.05) is 5.92 Å². The van der Waals surface area contributed by atoms with Crippen molar-refractivity contribution < 1.29 is 20.1 Å². The van der Waals surface area contributed by atoms with E-state index in [-0.39, 0.29) is 0 Å². The van der Waals surface area contributed by atoms with Crippen LogP contribution in [-0.4, -0.2) is 53.8 Å². The first kappa shape index (κ1) is 15.4. The van der Waals surface area contributed by atoms with Crippen LogP contribution in [0.4, 0.5) is 0 Å². The molecule has 21 heavy (non-hydrogen) atoms. The van der Waals surface area contributed by atoms with Gasteiger partial charge in [0.1, 0.15) is 18.5 Å². The SMILES string of the molecule is CC#CC1(O)[C@@H](O)[C@@H]([C@@H](C)O)O[C@H]1n1cnc(=O)[nH]c1=O. The summed E-state index contributed by atoms with van der Waals surface area (Å²) in [6.45, 7) is 2.80. The highest BCUT2D eigenvalue weighted by molar-refractivity contribution is 5.22. The molecule has 5 atom stereocenters. The summed E-state index contributed by atoms with van der Waals surface area (Å²) in [5.41, 5.74) is -3.86. The predicted molar refractivity (Wildman–Crippen MR) is 69.1 cm³/mol. The molecule has 9 nitrogen and oxygen atoms in total. The van der Waals surface area contributed by atoms with E-state index in [9.17, 15) is 24.9 Å². The summed E-state index contributed by atoms with van der Waals surface area (Å²) in [6, 6.07) is 0. The summed E-state index contributed by atoms with van der Waals surface area (Å²) in [4.78, 5) is 28.1. The molecule has 2 rings (SSSR count). The van der Waals surface area contributed by atoms with Gasteiger partial charge in [-0.15, -0.1) is 5.92 Å². The van der Waals surface area contributed by atoms with Crippen molar-refractivity contribution >= 4 is 0 Å². The number of aliphatic hydroxyl groups excluding tert-OH is 2. The maximum atomic E-state index is 11.8. The zero-order chi connectivity index (χ0) is 15.8. The Kier molecular flexibility index (Phi) is 3.97. The topological polar surface area (TPSA) is 138 Å². The number of ether oxygens (including phenoxy) is 1. The summed E-state index contributed by atoms with van der Waals surface area (Å²) in [6.07, 6.45) is -4.35. The number of aromatic amines is 1. The number of hydrogen-bond donors (Lipinski definition) is 4. The van der Waals surface area contributed by atoms with E-state index >= 15 is 0 Å². The summed E-state index contributed by atoms with van der Waals surface area (Å²) in [7, 11) is 0. The fraction of sp³-hybridized carbons (Fsp3) is 0.583. The number of nitrogens with one attached hydrogen (secondary N) is 1. The van der Waals surface area contributed by atoms with Gasteiger partial charge in [-0.05, 0) is 13.8 Å². The Hall–Kier alpha value is -1.99. The monoisotopic (exact) mass is 297 g/mol. The molecule has 1 aromatic rings. The lowest BCUT2D eigenvalue weighted by Gasteiger charge is -2.26. The van der Waals surface area contributed by atoms with Gasteiger partial charge in [0.25, 0.3) is 0 Å². The molecule has 0 aromatic carbocycles. The Morgan fingerprint density at radius 2 is 2.24 bits per heavy atom. The van der Waals surface area contributed by atoms with Crippen LogP contribution < -0.4 is 11.4 Å². The van der Waals surface area contributed by atoms with Crippen molar-refractivity contribution in [2.24, 2.45) is 0 Å². The molecular weight excluding hydrogens is 282 g/mol. The van der Waals surface area contributed by atoms with E-state index in [2.05, 4.69) is 16.8 Å². The van der Waals surface area contributed by atoms with E-state index in [0.29, 0.717) is 0 Å². The number of aromatic nitrogens is 3. The van der Waals surface area contributed by atoms with Crippen LogP contribution in [0.15, 0.2) is 15.9 Å². The van der Waals surface area contributed by atoms with Crippen LogP contribution in [0.5, 0.6) is 0 Å². The standard InChI is InChI=1S/C12H15N3O6/c1-3-4-12(20)8(17)7(6(2)16)21-9(12)15-5-13-10(18)14-11(15)19/h5-9,16-17,20H,1-2H3,(H,14,18,19)/t6-,7-,8+,9-,12?/m1/s1. The molecule has 1 aromatic heterocycles. The van der Waals surface area contributed by atoms with Crippen LogP contribution in [0, 0.1) is 11.8 Å². The quantitative estimate of drug-likeness (QED) is 0.437. The van der Waals surface area contributed by atoms with Crippen LogP contribution >= 0.6 is 0 Å². The molecule has 0 aliphatic carbocycles. The molecule has 2 heterocycles. The number of H-pyrrole nitrogens is 1. The van der Waals surface area contributed by atoms with Gasteiger partial charge in [0.15, 0.2) is 11.8 Å². The highest BCUT2D eigenvalue weighted by Crippen LogP contribution is 2.38. The van der Waals surface area contributed by atoms with Gasteiger partial charge in [-0.25, -0.2) is 9.59 Å². The van der Waals surface area contributed by atoms with E-state index in [1.807, 2.05) is 4.98 Å². The minimum Gasteiger partial charge on any atom is -0.391 e. The van der Waals surface area contributed by atoms with Gasteiger partial charge in [0.2, 0.25) is 0 Å². The van der Waals surface area contributed by atoms with Crippen molar-refractivity contribution in [3.8, 4) is 11.8 Å². The zero-order valence-electron chi connectivity index (χ0n) is 11.3. The van der Waals surface area contributed by atoms with Gasteiger partial charge in [-0.2, -0.15) is 4.98 Å². The van der Waals surface area contributed by atoms with E-state index in [1.165, 1.54) is 13.8 Å². The van der Waals surface area contributed by atoms with Gasteiger partial charge >= 0.3 is 11.4 Å². The summed E-state index contributed by atoms with van der Waals surface area (Å²) >= 11 is 0. The molecule has 114 valence electrons. The first-order valence-electron chi connectivity index (χ1n) is 6.16. The number of hydrogen-bond acceptors (Lipinski definition) is 7. The second-order valence-electron chi connectivity index (χ2n) is 4.73. The molecule has 1 fully saturated rings. The van der Waals surface area contributed by atoms with Crippen LogP contribution in [0.25, 0.3) is 0 Å². The van der Waals surface area contributed by atoms with Crippen LogP contribution in [-0.2, 0) is 4.74 Å². The first-order valence-corrected chi connectivity index (χ1v) is 6.16. The minimum absolute atomic E-state index is 0.803. The van der Waals surface area contributed by atoms with Crippen molar-refractivity contribution in [1.29, 1.82) is 0 Å². The Balaban J connectivity index is 2.56. The van der Waals surface area contributed by atoms with Crippen LogP contribution in [0.1, 0.15) is 20.1 Å². The van der Waals surface area contributed by atoms with Crippen molar-refractivity contribution in [2.75, 3.05) is 0 Å². The van der Waals surface area contributed by atoms with Gasteiger partial charge in [-0.3, -0.25) is 9.55 Å². The normalized spacial score (nSPS) is 33.3. The van der Waals surface area contributed by atoms with Crippen molar-refractivity contribution in [3.05, 3.63) is 27.3 Å². The molecule has 1 unspecified atom stereocenters. The molecule has 0 spiro atoms. The molecule has 0 saturated carbocycles. The van der Waals surface area contributed by atoms with Gasteiger partial charge in [0.05, 0.1) is 6.10 Å². The first-order chi connectivity index (χ1) is 9.81. The maximum absolute atomic E-state index is 11.8. The second kappa shape index (κ2) is 5.42. The molecule has 9 heteroatoms. The number of aliphatic hydroxyl groups is 3. The largest absolute Gasteiger partial charge is 0.391 e. The molecule has 1 aliphatic heterocycles. The molecule has 0 amide bonds. The number of rotatable bonds is 2. The lowest BCUT2D eigenvalue weighted by Crippen LogP contribution is -2.49. The zero-order valence-corrected chi connectivity index (χ0v) is 11.3. The molecular formula is C12H15N3O6. The highest BCUT2D eigenvalue weighted by atomic mass is 16.6. The Bertz CT molecular complexity index is 699. The minimum atomic E-state index is -2.12. The molecule has 0 radical (unpaired) electrons. The lowest BCUT2D eigenvalue weighted by molar-refractivity contribution is -0.0889. The third-order valence-corrected chi connectivity index (χ3v) is 3.23. The fourth-order valence-electron chi connectivity index (χ4n) is 2.24. The fourth-order valence-corrected chi connectivity index (χ4v) is 2.24. The third-order valence-electron chi connectivity index (χ3n) is 3.23. The average molecular weight is 297 g/mol. The molecule has 1 saturated heterocycles. The maximum Gasteiger partial charge on any atom is 0.350 e. The van der Waals surface area contributed by atoms with Crippen molar-refractivity contribution in [2.45, 2.75) is 44.0 Å². The molecule has 4 N–H and O–H groups in total. The van der Waals surface area contributed by atoms with Crippen molar-refractivity contribution in [3.63, 3.8) is 0 Å². The molecule has 0 bridgehead atoms. The average Bonchev–Trinajstić information content (AvgIpc) is 2.64. The van der Waals surface area contributed by atoms with E-state index in [1.54, 1.807) is 0 Å². The Labute approximate surface area is 118 Å². The highest BCUT2D eigenvalue weighted by Gasteiger charge is 2.57. The molecule has 1 aliphatic rings. The van der Waals surface area contributed by atoms with E-state index < -0.39 is 41.5 Å². The van der Waals surface area contributed by atoms with Crippen LogP contribution in [0.3, 0.4) is 0 Å². The predicted octanol–water partition coefficient (Wildman–Crippen LogP) is -2.67. The Morgan fingerprint density at radius 3 is 2.76 bits per heavy atom. The van der Waals surface area contributed by atoms with Gasteiger partial charge in [0, 0.05) is 0 Å². The van der Waals surface area contributed by atoms with E-state index in [0.717, 1.165) is 10.9 Å². The summed E-state index contributed by atoms with van der Waals surface area (Å²) in [5, 5.41) is 30.3. The smallest absolute Gasteiger partial charge is 0.350 e. The van der Waals surface area contributed by atoms with Crippen molar-refractivity contribution in [1.82, 2.24) is 14.5 Å². The third kappa shape index (κ3) is 2.50.